The van der Waals surface area contributed by atoms with Gasteiger partial charge in [0.2, 0.25) is 5.95 Å². The summed E-state index contributed by atoms with van der Waals surface area (Å²) in [5.74, 6) is -2.00. The molecule has 0 spiro atoms. The van der Waals surface area contributed by atoms with Crippen LogP contribution in [0.15, 0.2) is 41.2 Å². The molecule has 1 saturated heterocycles. The van der Waals surface area contributed by atoms with Crippen LogP contribution in [0.4, 0.5) is 5.95 Å². The Balaban J connectivity index is 1.55. The SMILES string of the molecule is CCO/N=C(/C(=O)NC1C(=O)N2C(C(=O)O)=C(C[n+]3cc(C)nc(C)c3)CS[C@H]12)c1cnc(N)nc1. The maximum Gasteiger partial charge on any atom is 0.352 e. The summed E-state index contributed by atoms with van der Waals surface area (Å²) >= 11 is 1.38. The van der Waals surface area contributed by atoms with Gasteiger partial charge in [-0.3, -0.25) is 14.5 Å². The second-order valence-electron chi connectivity index (χ2n) is 8.13. The van der Waals surface area contributed by atoms with Gasteiger partial charge in [0, 0.05) is 29.3 Å². The molecule has 0 saturated carbocycles. The quantitative estimate of drug-likeness (QED) is 0.181. The largest absolute Gasteiger partial charge is 0.477 e. The van der Waals surface area contributed by atoms with Crippen molar-refractivity contribution in [1.29, 1.82) is 0 Å². The predicted octanol–water partition coefficient (Wildman–Crippen LogP) is -0.462. The number of thioether (sulfide) groups is 1. The minimum absolute atomic E-state index is 0.0253. The zero-order chi connectivity index (χ0) is 26.0. The summed E-state index contributed by atoms with van der Waals surface area (Å²) in [7, 11) is 0. The highest BCUT2D eigenvalue weighted by molar-refractivity contribution is 8.00. The Morgan fingerprint density at radius 3 is 2.58 bits per heavy atom. The summed E-state index contributed by atoms with van der Waals surface area (Å²) in [5.41, 5.74) is 7.76. The van der Waals surface area contributed by atoms with Crippen LogP contribution in [-0.2, 0) is 25.8 Å². The van der Waals surface area contributed by atoms with Crippen LogP contribution in [0.25, 0.3) is 0 Å². The number of hydrogen-bond donors (Lipinski definition) is 3. The van der Waals surface area contributed by atoms with Crippen LogP contribution in [0.2, 0.25) is 0 Å². The van der Waals surface area contributed by atoms with Crippen molar-refractivity contribution < 1.29 is 28.9 Å². The van der Waals surface area contributed by atoms with Gasteiger partial charge in [-0.15, -0.1) is 11.8 Å². The highest BCUT2D eigenvalue weighted by atomic mass is 32.2. The van der Waals surface area contributed by atoms with Crippen molar-refractivity contribution in [3.63, 3.8) is 0 Å². The topological polar surface area (TPSA) is 177 Å². The van der Waals surface area contributed by atoms with E-state index in [9.17, 15) is 19.5 Å². The molecule has 188 valence electrons. The van der Waals surface area contributed by atoms with E-state index in [4.69, 9.17) is 10.6 Å². The number of carbonyl (C=O) groups is 3. The third-order valence-corrected chi connectivity index (χ3v) is 6.75. The Labute approximate surface area is 210 Å². The lowest BCUT2D eigenvalue weighted by Crippen LogP contribution is -2.71. The Hall–Kier alpha value is -4.07. The van der Waals surface area contributed by atoms with Crippen molar-refractivity contribution in [2.24, 2.45) is 5.16 Å². The number of aromatic nitrogens is 4. The van der Waals surface area contributed by atoms with E-state index in [-0.39, 0.29) is 29.5 Å². The summed E-state index contributed by atoms with van der Waals surface area (Å²) < 4.78 is 1.85. The van der Waals surface area contributed by atoms with Crippen molar-refractivity contribution >= 4 is 41.2 Å². The van der Waals surface area contributed by atoms with Gasteiger partial charge < -0.3 is 21.0 Å². The van der Waals surface area contributed by atoms with Gasteiger partial charge in [0.15, 0.2) is 24.7 Å². The molecule has 2 amide bonds. The first-order valence-electron chi connectivity index (χ1n) is 11.0. The minimum atomic E-state index is -1.20. The zero-order valence-corrected chi connectivity index (χ0v) is 20.7. The molecule has 36 heavy (non-hydrogen) atoms. The van der Waals surface area contributed by atoms with E-state index >= 15 is 0 Å². The summed E-state index contributed by atoms with van der Waals surface area (Å²) in [6, 6.07) is -0.932. The standard InChI is InChI=1S/C22H24N8O5S/c1-4-35-28-15(13-5-24-22(23)25-6-13)18(31)27-16-19(32)30-17(21(33)34)14(10-36-20(16)30)9-29-7-11(2)26-12(3)8-29/h5-8,16,20H,4,9-10H2,1-3H3,(H3-,23,24,25,27,28,31,33,34)/p+1/t16?,20-/m1/s1. The zero-order valence-electron chi connectivity index (χ0n) is 19.8. The number of nitrogen functional groups attached to an aromatic ring is 1. The molecule has 2 aliphatic rings. The first-order valence-corrected chi connectivity index (χ1v) is 12.1. The Morgan fingerprint density at radius 2 is 1.97 bits per heavy atom. The normalized spacial score (nSPS) is 19.5. The highest BCUT2D eigenvalue weighted by Gasteiger charge is 2.54. The van der Waals surface area contributed by atoms with Gasteiger partial charge in [-0.2, -0.15) is 4.57 Å². The molecule has 13 nitrogen and oxygen atoms in total. The number of fused-ring (bicyclic) bond motifs is 1. The maximum absolute atomic E-state index is 13.0. The van der Waals surface area contributed by atoms with E-state index in [1.807, 2.05) is 30.8 Å². The second-order valence-corrected chi connectivity index (χ2v) is 9.24. The summed E-state index contributed by atoms with van der Waals surface area (Å²) in [4.78, 5) is 56.6. The number of carboxylic acid groups (broad SMARTS) is 1. The number of nitrogens with one attached hydrogen (secondary N) is 1. The summed E-state index contributed by atoms with van der Waals surface area (Å²) in [6.45, 7) is 5.93. The lowest BCUT2D eigenvalue weighted by atomic mass is 10.0. The van der Waals surface area contributed by atoms with Crippen molar-refractivity contribution in [2.75, 3.05) is 18.1 Å². The molecule has 2 atom stereocenters. The van der Waals surface area contributed by atoms with Crippen LogP contribution in [0.1, 0.15) is 23.9 Å². The van der Waals surface area contributed by atoms with Crippen molar-refractivity contribution in [2.45, 2.75) is 38.7 Å². The molecule has 2 aromatic rings. The summed E-state index contributed by atoms with van der Waals surface area (Å²) in [5, 5.41) is 15.8. The third kappa shape index (κ3) is 4.98. The number of rotatable bonds is 8. The monoisotopic (exact) mass is 513 g/mol. The molecular formula is C22H25N8O5S+. The number of hydrogen-bond acceptors (Lipinski definition) is 10. The fraction of sp³-hybridized carbons (Fsp3) is 0.364. The smallest absolute Gasteiger partial charge is 0.352 e. The van der Waals surface area contributed by atoms with E-state index in [0.717, 1.165) is 11.4 Å². The number of oxime groups is 1. The molecular weight excluding hydrogens is 488 g/mol. The van der Waals surface area contributed by atoms with Gasteiger partial charge in [-0.25, -0.2) is 19.7 Å². The fourth-order valence-electron chi connectivity index (χ4n) is 3.99. The van der Waals surface area contributed by atoms with Crippen LogP contribution in [0, 0.1) is 13.8 Å². The number of amides is 2. The average molecular weight is 514 g/mol. The van der Waals surface area contributed by atoms with Gasteiger partial charge in [-0.05, 0) is 20.8 Å². The van der Waals surface area contributed by atoms with Crippen LogP contribution in [0.5, 0.6) is 0 Å². The molecule has 2 aliphatic heterocycles. The summed E-state index contributed by atoms with van der Waals surface area (Å²) in [6.07, 6.45) is 6.28. The molecule has 2 aromatic heterocycles. The van der Waals surface area contributed by atoms with E-state index in [2.05, 4.69) is 25.4 Å². The van der Waals surface area contributed by atoms with Crippen LogP contribution >= 0.6 is 11.8 Å². The van der Waals surface area contributed by atoms with E-state index in [0.29, 0.717) is 17.9 Å². The first kappa shape index (κ1) is 25.0. The fourth-order valence-corrected chi connectivity index (χ4v) is 5.33. The van der Waals surface area contributed by atoms with Crippen molar-refractivity contribution in [3.8, 4) is 0 Å². The van der Waals surface area contributed by atoms with Gasteiger partial charge in [0.1, 0.15) is 35.1 Å². The van der Waals surface area contributed by atoms with Crippen molar-refractivity contribution in [1.82, 2.24) is 25.2 Å². The number of carboxylic acids is 1. The number of aryl methyl sites for hydroxylation is 2. The molecule has 14 heteroatoms. The molecule has 0 bridgehead atoms. The number of aliphatic carboxylic acids is 1. The minimum Gasteiger partial charge on any atom is -0.477 e. The highest BCUT2D eigenvalue weighted by Crippen LogP contribution is 2.40. The Bertz CT molecular complexity index is 1260. The number of anilines is 1. The molecule has 4 rings (SSSR count). The molecule has 4 N–H and O–H groups in total. The van der Waals surface area contributed by atoms with Gasteiger partial charge in [0.25, 0.3) is 11.8 Å². The molecule has 1 fully saturated rings. The maximum atomic E-state index is 13.0. The van der Waals surface area contributed by atoms with E-state index in [1.54, 1.807) is 6.92 Å². The predicted molar refractivity (Wildman–Crippen MR) is 128 cm³/mol. The van der Waals surface area contributed by atoms with E-state index in [1.165, 1.54) is 29.1 Å². The number of β-lactam (4-membered cyclic amide) rings is 1. The number of nitrogens with two attached hydrogens (primary N) is 1. The lowest BCUT2D eigenvalue weighted by molar-refractivity contribution is -0.690. The third-order valence-electron chi connectivity index (χ3n) is 5.41. The van der Waals surface area contributed by atoms with Gasteiger partial charge in [-0.1, -0.05) is 5.16 Å². The molecule has 1 unspecified atom stereocenters. The molecule has 4 heterocycles. The molecule has 0 aliphatic carbocycles. The van der Waals surface area contributed by atoms with Gasteiger partial charge >= 0.3 is 5.97 Å². The number of carbonyl (C=O) groups excluding carboxylic acids is 2. The first-order chi connectivity index (χ1) is 17.2. The molecule has 0 aromatic carbocycles. The molecule has 0 radical (unpaired) electrons. The van der Waals surface area contributed by atoms with Crippen molar-refractivity contribution in [3.05, 3.63) is 53.0 Å². The van der Waals surface area contributed by atoms with Gasteiger partial charge in [0.05, 0.1) is 0 Å². The Morgan fingerprint density at radius 1 is 1.31 bits per heavy atom. The second kappa shape index (κ2) is 10.3. The lowest BCUT2D eigenvalue weighted by Gasteiger charge is -2.49. The average Bonchev–Trinajstić information content (AvgIpc) is 2.82. The van der Waals surface area contributed by atoms with Crippen LogP contribution < -0.4 is 15.6 Å². The van der Waals surface area contributed by atoms with Crippen LogP contribution in [0.3, 0.4) is 0 Å². The Kier molecular flexibility index (Phi) is 7.15. The number of nitrogens with zero attached hydrogens (tertiary/aromatic N) is 6. The van der Waals surface area contributed by atoms with Crippen LogP contribution in [-0.4, -0.2) is 72.2 Å². The van der Waals surface area contributed by atoms with E-state index < -0.39 is 29.2 Å².